The average Bonchev–Trinajstić information content (AvgIpc) is 2.04. The van der Waals surface area contributed by atoms with Crippen LogP contribution in [-0.2, 0) is 0 Å². The quantitative estimate of drug-likeness (QED) is 0.575. The molecule has 0 aliphatic heterocycles. The Hall–Kier alpha value is -0.100. The maximum absolute atomic E-state index is 11.5. The van der Waals surface area contributed by atoms with E-state index in [9.17, 15) is 4.79 Å². The highest BCUT2D eigenvalue weighted by Crippen LogP contribution is 2.25. The average molecular weight is 234 g/mol. The lowest BCUT2D eigenvalue weighted by Gasteiger charge is -2.05. The first-order valence-corrected chi connectivity index (χ1v) is 5.25. The molecule has 4 heteroatoms. The van der Waals surface area contributed by atoms with E-state index in [0.717, 1.165) is 0 Å². The first-order chi connectivity index (χ1) is 6.16. The fraction of sp³-hybridized carbons (Fsp3) is 0.222. The van der Waals surface area contributed by atoms with Crippen LogP contribution in [0.15, 0.2) is 18.2 Å². The molecular formula is C9H8Cl2OP-. The molecule has 0 N–H and O–H groups in total. The molecule has 1 aromatic carbocycles. The predicted molar refractivity (Wildman–Crippen MR) is 58.6 cm³/mol. The summed E-state index contributed by atoms with van der Waals surface area (Å²) in [5, 5.41) is 0.829. The van der Waals surface area contributed by atoms with Crippen molar-refractivity contribution in [2.75, 3.05) is 6.16 Å². The minimum Gasteiger partial charge on any atom is -0.558 e. The lowest BCUT2D eigenvalue weighted by Crippen LogP contribution is -2.01. The van der Waals surface area contributed by atoms with Crippen LogP contribution in [0.25, 0.3) is 0 Å². The molecule has 0 aromatic heterocycles. The summed E-state index contributed by atoms with van der Waals surface area (Å²) in [6, 6.07) is 5.04. The molecule has 0 aliphatic carbocycles. The van der Waals surface area contributed by atoms with Gasteiger partial charge in [0.2, 0.25) is 0 Å². The van der Waals surface area contributed by atoms with Crippen LogP contribution in [0.4, 0.5) is 0 Å². The molecule has 0 bridgehead atoms. The maximum atomic E-state index is 11.5. The number of rotatable bonds is 3. The van der Waals surface area contributed by atoms with Crippen molar-refractivity contribution in [1.29, 1.82) is 0 Å². The van der Waals surface area contributed by atoms with Gasteiger partial charge in [-0.2, -0.15) is 6.16 Å². The van der Waals surface area contributed by atoms with Crippen LogP contribution in [0.3, 0.4) is 0 Å². The molecule has 0 fully saturated rings. The summed E-state index contributed by atoms with van der Waals surface area (Å²) in [5.74, 6) is -0.0365. The molecule has 70 valence electrons. The summed E-state index contributed by atoms with van der Waals surface area (Å²) in [6.07, 6.45) is 1.01. The summed E-state index contributed by atoms with van der Waals surface area (Å²) in [5.41, 5.74) is 0.420. The van der Waals surface area contributed by atoms with Crippen molar-refractivity contribution in [3.8, 4) is 0 Å². The summed E-state index contributed by atoms with van der Waals surface area (Å²) in [6.45, 7) is 0. The zero-order valence-corrected chi connectivity index (χ0v) is 9.32. The lowest BCUT2D eigenvalue weighted by atomic mass is 10.1. The minimum atomic E-state index is -0.0365. The molecule has 0 amide bonds. The van der Waals surface area contributed by atoms with Gasteiger partial charge in [0.15, 0.2) is 5.78 Å². The Morgan fingerprint density at radius 1 is 1.31 bits per heavy atom. The topological polar surface area (TPSA) is 17.1 Å². The first-order valence-electron chi connectivity index (χ1n) is 3.78. The van der Waals surface area contributed by atoms with Crippen molar-refractivity contribution in [2.24, 2.45) is 0 Å². The van der Waals surface area contributed by atoms with Crippen LogP contribution in [0.2, 0.25) is 10.0 Å². The Labute approximate surface area is 89.6 Å². The second-order valence-electron chi connectivity index (χ2n) is 2.52. The largest absolute Gasteiger partial charge is 0.558 e. The Balaban J connectivity index is 3.05. The molecule has 0 unspecified atom stereocenters. The van der Waals surface area contributed by atoms with Gasteiger partial charge in [0.25, 0.3) is 0 Å². The molecule has 0 spiro atoms. The van der Waals surface area contributed by atoms with Gasteiger partial charge in [0.05, 0.1) is 15.6 Å². The Morgan fingerprint density at radius 3 is 2.31 bits per heavy atom. The summed E-state index contributed by atoms with van der Waals surface area (Å²) < 4.78 is 0. The van der Waals surface area contributed by atoms with Gasteiger partial charge in [-0.15, -0.1) is 0 Å². The van der Waals surface area contributed by atoms with Crippen LogP contribution in [0.5, 0.6) is 0 Å². The second kappa shape index (κ2) is 4.95. The summed E-state index contributed by atoms with van der Waals surface area (Å²) in [7, 11) is 3.24. The van der Waals surface area contributed by atoms with Gasteiger partial charge in [0, 0.05) is 0 Å². The Morgan fingerprint density at radius 2 is 1.85 bits per heavy atom. The summed E-state index contributed by atoms with van der Waals surface area (Å²) >= 11 is 11.7. The third kappa shape index (κ3) is 2.67. The highest BCUT2D eigenvalue weighted by molar-refractivity contribution is 7.16. The van der Waals surface area contributed by atoms with Gasteiger partial charge >= 0.3 is 0 Å². The van der Waals surface area contributed by atoms with E-state index in [1.54, 1.807) is 18.2 Å². The molecular weight excluding hydrogens is 226 g/mol. The van der Waals surface area contributed by atoms with Crippen molar-refractivity contribution in [3.63, 3.8) is 0 Å². The van der Waals surface area contributed by atoms with E-state index in [0.29, 0.717) is 28.2 Å². The standard InChI is InChI=1S/C9H8Cl2OP/c10-6-2-1-3-7(11)9(6)8(12)4-5-13/h1-3,13H,4-5H2/q-1. The van der Waals surface area contributed by atoms with Crippen LogP contribution in [-0.4, -0.2) is 11.9 Å². The number of Topliss-reactive ketones (excluding diaryl/α,β-unsaturated/α-hetero) is 1. The van der Waals surface area contributed by atoms with E-state index in [-0.39, 0.29) is 5.78 Å². The lowest BCUT2D eigenvalue weighted by molar-refractivity contribution is 0.0990. The number of hydrogen-bond donors (Lipinski definition) is 0. The van der Waals surface area contributed by atoms with Crippen LogP contribution in [0.1, 0.15) is 16.8 Å². The van der Waals surface area contributed by atoms with Gasteiger partial charge in [-0.3, -0.25) is 4.79 Å². The number of carbonyl (C=O) groups excluding carboxylic acids is 1. The van der Waals surface area contributed by atoms with Gasteiger partial charge in [-0.1, -0.05) is 29.3 Å². The van der Waals surface area contributed by atoms with E-state index < -0.39 is 0 Å². The molecule has 0 atom stereocenters. The van der Waals surface area contributed by atoms with E-state index in [1.807, 2.05) is 0 Å². The third-order valence-electron chi connectivity index (χ3n) is 1.59. The van der Waals surface area contributed by atoms with Crippen LogP contribution >= 0.6 is 32.4 Å². The van der Waals surface area contributed by atoms with Crippen molar-refractivity contribution in [3.05, 3.63) is 33.8 Å². The van der Waals surface area contributed by atoms with Crippen molar-refractivity contribution >= 4 is 38.2 Å². The minimum absolute atomic E-state index is 0.0365. The third-order valence-corrected chi connectivity index (χ3v) is 2.47. The number of halogens is 2. The van der Waals surface area contributed by atoms with Crippen molar-refractivity contribution in [1.82, 2.24) is 0 Å². The fourth-order valence-corrected chi connectivity index (χ4v) is 1.84. The molecule has 0 radical (unpaired) electrons. The SMILES string of the molecule is O=C(CC[PH-])c1c(Cl)cccc1Cl. The molecule has 1 rings (SSSR count). The van der Waals surface area contributed by atoms with Gasteiger partial charge in [-0.05, 0) is 18.6 Å². The maximum Gasteiger partial charge on any atom is 0.163 e. The van der Waals surface area contributed by atoms with E-state index in [4.69, 9.17) is 23.2 Å². The van der Waals surface area contributed by atoms with Crippen molar-refractivity contribution in [2.45, 2.75) is 6.42 Å². The molecule has 0 saturated heterocycles. The Kier molecular flexibility index (Phi) is 4.18. The molecule has 1 nitrogen and oxygen atoms in total. The van der Waals surface area contributed by atoms with E-state index in [2.05, 4.69) is 9.24 Å². The Bertz CT molecular complexity index is 305. The van der Waals surface area contributed by atoms with E-state index in [1.165, 1.54) is 0 Å². The zero-order chi connectivity index (χ0) is 9.84. The highest BCUT2D eigenvalue weighted by atomic mass is 35.5. The molecule has 1 aromatic rings. The molecule has 0 aliphatic rings. The normalized spacial score (nSPS) is 10.1. The number of ketones is 1. The predicted octanol–water partition coefficient (Wildman–Crippen LogP) is 3.71. The van der Waals surface area contributed by atoms with E-state index >= 15 is 0 Å². The molecule has 0 saturated carbocycles. The zero-order valence-electron chi connectivity index (χ0n) is 6.81. The van der Waals surface area contributed by atoms with Gasteiger partial charge in [0.1, 0.15) is 0 Å². The highest BCUT2D eigenvalue weighted by Gasteiger charge is 2.11. The van der Waals surface area contributed by atoms with Gasteiger partial charge in [-0.25, -0.2) is 0 Å². The molecule has 0 heterocycles. The van der Waals surface area contributed by atoms with Crippen LogP contribution in [0, 0.1) is 0 Å². The monoisotopic (exact) mass is 233 g/mol. The fourth-order valence-electron chi connectivity index (χ4n) is 1.00. The summed E-state index contributed by atoms with van der Waals surface area (Å²) in [4.78, 5) is 11.5. The van der Waals surface area contributed by atoms with Crippen molar-refractivity contribution < 1.29 is 4.79 Å². The smallest absolute Gasteiger partial charge is 0.163 e. The first kappa shape index (κ1) is 11.0. The van der Waals surface area contributed by atoms with Crippen LogP contribution < -0.4 is 0 Å². The van der Waals surface area contributed by atoms with Gasteiger partial charge < -0.3 is 9.24 Å². The number of hydrogen-bond acceptors (Lipinski definition) is 1. The second-order valence-corrected chi connectivity index (χ2v) is 3.83. The number of carbonyl (C=O) groups is 1. The number of benzene rings is 1. The molecule has 13 heavy (non-hydrogen) atoms.